The second-order valence-electron chi connectivity index (χ2n) is 4.92. The van der Waals surface area contributed by atoms with Crippen molar-refractivity contribution in [3.05, 3.63) is 18.7 Å². The molecule has 0 atom stereocenters. The van der Waals surface area contributed by atoms with E-state index < -0.39 is 0 Å². The second kappa shape index (κ2) is 5.77. The van der Waals surface area contributed by atoms with Crippen LogP contribution in [0.1, 0.15) is 33.7 Å². The average Bonchev–Trinajstić information content (AvgIpc) is 2.82. The van der Waals surface area contributed by atoms with Crippen molar-refractivity contribution in [3.8, 4) is 17.5 Å². The highest BCUT2D eigenvalue weighted by atomic mass is 16.5. The van der Waals surface area contributed by atoms with Gasteiger partial charge in [0.15, 0.2) is 11.4 Å². The van der Waals surface area contributed by atoms with Gasteiger partial charge in [-0.3, -0.25) is 4.68 Å². The summed E-state index contributed by atoms with van der Waals surface area (Å²) in [5.74, 6) is 1.15. The Labute approximate surface area is 117 Å². The van der Waals surface area contributed by atoms with Gasteiger partial charge in [0.1, 0.15) is 6.33 Å². The number of ether oxygens (including phenoxy) is 2. The largest absolute Gasteiger partial charge is 0.473 e. The van der Waals surface area contributed by atoms with Gasteiger partial charge < -0.3 is 15.2 Å². The van der Waals surface area contributed by atoms with Gasteiger partial charge in [0.2, 0.25) is 11.8 Å². The normalized spacial score (nSPS) is 11.1. The summed E-state index contributed by atoms with van der Waals surface area (Å²) in [6.07, 6.45) is 4.74. The van der Waals surface area contributed by atoms with E-state index in [9.17, 15) is 0 Å². The van der Waals surface area contributed by atoms with Crippen molar-refractivity contribution in [1.29, 1.82) is 0 Å². The first-order valence-corrected chi connectivity index (χ1v) is 6.46. The number of nitrogen functional groups attached to an aromatic ring is 1. The first-order valence-electron chi connectivity index (χ1n) is 6.46. The molecule has 0 spiro atoms. The minimum atomic E-state index is -0.0243. The molecule has 0 radical (unpaired) electrons. The first kappa shape index (κ1) is 14.1. The summed E-state index contributed by atoms with van der Waals surface area (Å²) in [4.78, 5) is 8.02. The molecule has 2 aromatic heterocycles. The molecule has 0 saturated heterocycles. The molecule has 0 aliphatic heterocycles. The highest BCUT2D eigenvalue weighted by molar-refractivity contribution is 5.56. The summed E-state index contributed by atoms with van der Waals surface area (Å²) >= 11 is 0. The molecule has 0 fully saturated rings. The summed E-state index contributed by atoms with van der Waals surface area (Å²) in [6.45, 7) is 7.86. The molecule has 7 nitrogen and oxygen atoms in total. The van der Waals surface area contributed by atoms with Gasteiger partial charge in [0, 0.05) is 6.04 Å². The third-order valence-electron chi connectivity index (χ3n) is 2.48. The van der Waals surface area contributed by atoms with Crippen molar-refractivity contribution >= 4 is 5.69 Å². The Bertz CT molecular complexity index is 580. The Hall–Kier alpha value is -2.31. The summed E-state index contributed by atoms with van der Waals surface area (Å²) < 4.78 is 12.9. The number of nitrogens with zero attached hydrogens (tertiary/aromatic N) is 4. The average molecular weight is 277 g/mol. The summed E-state index contributed by atoms with van der Waals surface area (Å²) in [6, 6.07) is 0.259. The quantitative estimate of drug-likeness (QED) is 0.902. The SMILES string of the molecule is CC(C)Oc1ncnc(Oc2cnn(C(C)C)c2)c1N. The minimum Gasteiger partial charge on any atom is -0.473 e. The van der Waals surface area contributed by atoms with E-state index >= 15 is 0 Å². The monoisotopic (exact) mass is 277 g/mol. The Morgan fingerprint density at radius 1 is 1.15 bits per heavy atom. The van der Waals surface area contributed by atoms with Crippen LogP contribution in [0, 0.1) is 0 Å². The maximum Gasteiger partial charge on any atom is 0.250 e. The predicted molar refractivity (Wildman–Crippen MR) is 74.9 cm³/mol. The summed E-state index contributed by atoms with van der Waals surface area (Å²) in [5.41, 5.74) is 6.22. The lowest BCUT2D eigenvalue weighted by atomic mass is 10.4. The molecule has 0 saturated carbocycles. The van der Waals surface area contributed by atoms with E-state index in [4.69, 9.17) is 15.2 Å². The highest BCUT2D eigenvalue weighted by Gasteiger charge is 2.13. The van der Waals surface area contributed by atoms with Crippen LogP contribution < -0.4 is 15.2 Å². The molecular formula is C13H19N5O2. The maximum atomic E-state index is 5.94. The Morgan fingerprint density at radius 3 is 2.45 bits per heavy atom. The van der Waals surface area contributed by atoms with Crippen LogP contribution in [0.3, 0.4) is 0 Å². The molecule has 0 amide bonds. The molecule has 20 heavy (non-hydrogen) atoms. The molecule has 0 unspecified atom stereocenters. The molecule has 2 N–H and O–H groups in total. The van der Waals surface area contributed by atoms with Crippen LogP contribution in [-0.4, -0.2) is 25.9 Å². The van der Waals surface area contributed by atoms with Crippen LogP contribution in [0.4, 0.5) is 5.69 Å². The van der Waals surface area contributed by atoms with Crippen molar-refractivity contribution in [2.24, 2.45) is 0 Å². The van der Waals surface area contributed by atoms with Crippen LogP contribution >= 0.6 is 0 Å². The van der Waals surface area contributed by atoms with Crippen LogP contribution in [0.2, 0.25) is 0 Å². The predicted octanol–water partition coefficient (Wildman–Crippen LogP) is 2.42. The van der Waals surface area contributed by atoms with Crippen molar-refractivity contribution in [2.45, 2.75) is 39.8 Å². The van der Waals surface area contributed by atoms with E-state index in [1.165, 1.54) is 6.33 Å². The summed E-state index contributed by atoms with van der Waals surface area (Å²) in [7, 11) is 0. The van der Waals surface area contributed by atoms with Crippen LogP contribution in [0.5, 0.6) is 17.5 Å². The number of nitrogens with two attached hydrogens (primary N) is 1. The first-order chi connectivity index (χ1) is 9.47. The van der Waals surface area contributed by atoms with Crippen LogP contribution in [0.25, 0.3) is 0 Å². The van der Waals surface area contributed by atoms with Crippen LogP contribution in [-0.2, 0) is 0 Å². The van der Waals surface area contributed by atoms with E-state index in [0.29, 0.717) is 11.6 Å². The standard InChI is InChI=1S/C13H19N5O2/c1-8(2)18-6-10(5-17-18)20-13-11(14)12(15-7-16-13)19-9(3)4/h5-9H,14H2,1-4H3. The fourth-order valence-corrected chi connectivity index (χ4v) is 1.53. The fourth-order valence-electron chi connectivity index (χ4n) is 1.53. The zero-order valence-corrected chi connectivity index (χ0v) is 12.1. The van der Waals surface area contributed by atoms with Crippen molar-refractivity contribution in [2.75, 3.05) is 5.73 Å². The Balaban J connectivity index is 2.20. The molecule has 0 bridgehead atoms. The molecular weight excluding hydrogens is 258 g/mol. The number of anilines is 1. The Morgan fingerprint density at radius 2 is 1.85 bits per heavy atom. The van der Waals surface area contributed by atoms with Crippen LogP contribution in [0.15, 0.2) is 18.7 Å². The van der Waals surface area contributed by atoms with E-state index in [2.05, 4.69) is 15.1 Å². The van der Waals surface area contributed by atoms with Gasteiger partial charge in [-0.1, -0.05) is 0 Å². The zero-order chi connectivity index (χ0) is 14.7. The van der Waals surface area contributed by atoms with Gasteiger partial charge in [0.25, 0.3) is 0 Å². The fraction of sp³-hybridized carbons (Fsp3) is 0.462. The lowest BCUT2D eigenvalue weighted by molar-refractivity contribution is 0.232. The minimum absolute atomic E-state index is 0.0243. The maximum absolute atomic E-state index is 5.94. The molecule has 2 rings (SSSR count). The lowest BCUT2D eigenvalue weighted by Gasteiger charge is -2.12. The van der Waals surface area contributed by atoms with Gasteiger partial charge >= 0.3 is 0 Å². The third-order valence-corrected chi connectivity index (χ3v) is 2.48. The van der Waals surface area contributed by atoms with Crippen molar-refractivity contribution in [3.63, 3.8) is 0 Å². The highest BCUT2D eigenvalue weighted by Crippen LogP contribution is 2.31. The third kappa shape index (κ3) is 3.17. The summed E-state index contributed by atoms with van der Waals surface area (Å²) in [5, 5.41) is 4.19. The number of rotatable bonds is 5. The van der Waals surface area contributed by atoms with Gasteiger partial charge in [-0.2, -0.15) is 15.1 Å². The number of hydrogen-bond donors (Lipinski definition) is 1. The number of hydrogen-bond acceptors (Lipinski definition) is 6. The Kier molecular flexibility index (Phi) is 4.07. The number of aromatic nitrogens is 4. The molecule has 0 aliphatic carbocycles. The van der Waals surface area contributed by atoms with Gasteiger partial charge in [-0.15, -0.1) is 0 Å². The van der Waals surface area contributed by atoms with Gasteiger partial charge in [0.05, 0.1) is 18.5 Å². The lowest BCUT2D eigenvalue weighted by Crippen LogP contribution is -2.10. The molecule has 7 heteroatoms. The smallest absolute Gasteiger partial charge is 0.250 e. The van der Waals surface area contributed by atoms with Gasteiger partial charge in [-0.25, -0.2) is 0 Å². The molecule has 108 valence electrons. The van der Waals surface area contributed by atoms with E-state index in [0.717, 1.165) is 0 Å². The zero-order valence-electron chi connectivity index (χ0n) is 12.1. The van der Waals surface area contributed by atoms with E-state index in [-0.39, 0.29) is 23.7 Å². The van der Waals surface area contributed by atoms with Crippen molar-refractivity contribution in [1.82, 2.24) is 19.7 Å². The van der Waals surface area contributed by atoms with E-state index in [1.54, 1.807) is 17.1 Å². The molecule has 0 aliphatic rings. The molecule has 2 aromatic rings. The topological polar surface area (TPSA) is 88.1 Å². The van der Waals surface area contributed by atoms with Crippen molar-refractivity contribution < 1.29 is 9.47 Å². The van der Waals surface area contributed by atoms with E-state index in [1.807, 2.05) is 27.7 Å². The second-order valence-corrected chi connectivity index (χ2v) is 4.92. The molecule has 2 heterocycles. The van der Waals surface area contributed by atoms with Gasteiger partial charge in [-0.05, 0) is 27.7 Å². The molecule has 0 aromatic carbocycles.